The van der Waals surface area contributed by atoms with Crippen LogP contribution in [0.3, 0.4) is 0 Å². The summed E-state index contributed by atoms with van der Waals surface area (Å²) in [5.74, 6) is 0. The van der Waals surface area contributed by atoms with E-state index in [2.05, 4.69) is 87.2 Å². The Hall–Kier alpha value is -0.604. The summed E-state index contributed by atoms with van der Waals surface area (Å²) in [6.07, 6.45) is 0. The fraction of sp³-hybridized carbons (Fsp3) is 0.375. The largest absolute Gasteiger partial charge is 2.00 e. The second-order valence-corrected chi connectivity index (χ2v) is 11.0. The van der Waals surface area contributed by atoms with Gasteiger partial charge in [0, 0.05) is 8.07 Å². The van der Waals surface area contributed by atoms with Gasteiger partial charge in [0.25, 0.3) is 0 Å². The van der Waals surface area contributed by atoms with Crippen molar-refractivity contribution in [1.82, 2.24) is 4.90 Å². The van der Waals surface area contributed by atoms with Gasteiger partial charge in [-0.25, -0.2) is 17.3 Å². The van der Waals surface area contributed by atoms with E-state index in [0.717, 1.165) is 6.54 Å². The van der Waals surface area contributed by atoms with E-state index >= 15 is 0 Å². The predicted octanol–water partition coefficient (Wildman–Crippen LogP) is 3.42. The van der Waals surface area contributed by atoms with Crippen molar-refractivity contribution in [2.45, 2.75) is 26.2 Å². The summed E-state index contributed by atoms with van der Waals surface area (Å²) >= 11 is 0. The Labute approximate surface area is 129 Å². The van der Waals surface area contributed by atoms with Crippen LogP contribution < -0.4 is 5.19 Å². The Balaban J connectivity index is 0.000000324. The van der Waals surface area contributed by atoms with Gasteiger partial charge in [-0.15, -0.1) is 0 Å². The maximum Gasteiger partial charge on any atom is 2.00 e. The number of rotatable bonds is 3. The zero-order valence-electron chi connectivity index (χ0n) is 12.6. The van der Waals surface area contributed by atoms with E-state index in [1.54, 1.807) is 5.19 Å². The molecule has 0 heterocycles. The van der Waals surface area contributed by atoms with Gasteiger partial charge in [0.1, 0.15) is 0 Å². The van der Waals surface area contributed by atoms with Crippen LogP contribution in [-0.4, -0.2) is 27.1 Å². The second-order valence-electron chi connectivity index (χ2n) is 5.95. The summed E-state index contributed by atoms with van der Waals surface area (Å²) in [4.78, 5) is 2.16. The maximum atomic E-state index is 2.36. The molecule has 1 nitrogen and oxygen atoms in total. The SMILES string of the molecule is CN(C)Cc1cc[cH-]c1.C[Si](C)(C)c1cc[cH-]c1.[Fe+2]. The molecule has 0 N–H and O–H groups in total. The normalized spacial score (nSPS) is 10.6. The molecule has 0 bridgehead atoms. The Morgan fingerprint density at radius 2 is 1.58 bits per heavy atom. The zero-order chi connectivity index (χ0) is 13.6. The molecule has 19 heavy (non-hydrogen) atoms. The molecule has 0 saturated carbocycles. The molecule has 0 aliphatic carbocycles. The van der Waals surface area contributed by atoms with Crippen LogP contribution in [0.25, 0.3) is 0 Å². The number of hydrogen-bond donors (Lipinski definition) is 0. The van der Waals surface area contributed by atoms with E-state index in [9.17, 15) is 0 Å². The van der Waals surface area contributed by atoms with Crippen molar-refractivity contribution < 1.29 is 17.1 Å². The van der Waals surface area contributed by atoms with Crippen molar-refractivity contribution in [1.29, 1.82) is 0 Å². The van der Waals surface area contributed by atoms with Gasteiger partial charge in [-0.05, 0) is 20.6 Å². The number of hydrogen-bond acceptors (Lipinski definition) is 1. The molecule has 0 atom stereocenters. The fourth-order valence-electron chi connectivity index (χ4n) is 1.76. The summed E-state index contributed by atoms with van der Waals surface area (Å²) in [6, 6.07) is 17.1. The van der Waals surface area contributed by atoms with E-state index in [4.69, 9.17) is 0 Å². The first-order valence-corrected chi connectivity index (χ1v) is 9.97. The maximum absolute atomic E-state index is 2.36. The summed E-state index contributed by atoms with van der Waals surface area (Å²) in [7, 11) is 3.17. The molecule has 0 amide bonds. The Morgan fingerprint density at radius 3 is 1.89 bits per heavy atom. The molecule has 0 aliphatic rings. The number of nitrogens with zero attached hydrogens (tertiary/aromatic N) is 1. The van der Waals surface area contributed by atoms with Gasteiger partial charge in [0.15, 0.2) is 0 Å². The minimum atomic E-state index is -0.981. The summed E-state index contributed by atoms with van der Waals surface area (Å²) < 4.78 is 0. The van der Waals surface area contributed by atoms with Crippen LogP contribution in [0.5, 0.6) is 0 Å². The molecule has 0 radical (unpaired) electrons. The minimum absolute atomic E-state index is 0. The molecular weight excluding hydrogens is 290 g/mol. The monoisotopic (exact) mass is 315 g/mol. The molecule has 0 fully saturated rings. The average molecular weight is 315 g/mol. The zero-order valence-corrected chi connectivity index (χ0v) is 14.7. The van der Waals surface area contributed by atoms with Crippen LogP contribution in [0.2, 0.25) is 19.6 Å². The van der Waals surface area contributed by atoms with Crippen molar-refractivity contribution in [2.24, 2.45) is 0 Å². The molecule has 2 rings (SSSR count). The predicted molar refractivity (Wildman–Crippen MR) is 84.4 cm³/mol. The molecule has 0 spiro atoms. The Kier molecular flexibility index (Phi) is 8.27. The average Bonchev–Trinajstić information content (AvgIpc) is 2.86. The summed E-state index contributed by atoms with van der Waals surface area (Å²) in [5, 5.41) is 1.56. The van der Waals surface area contributed by atoms with E-state index in [-0.39, 0.29) is 17.1 Å². The van der Waals surface area contributed by atoms with E-state index in [1.165, 1.54) is 5.56 Å². The quantitative estimate of drug-likeness (QED) is 0.620. The van der Waals surface area contributed by atoms with Crippen molar-refractivity contribution >= 4 is 13.3 Å². The van der Waals surface area contributed by atoms with E-state index in [0.29, 0.717) is 0 Å². The minimum Gasteiger partial charge on any atom is -0.317 e. The van der Waals surface area contributed by atoms with Crippen LogP contribution in [0.1, 0.15) is 5.56 Å². The van der Waals surface area contributed by atoms with Gasteiger partial charge in [-0.2, -0.15) is 42.0 Å². The van der Waals surface area contributed by atoms with Gasteiger partial charge < -0.3 is 4.90 Å². The molecular formula is C16H25FeNSi. The fourth-order valence-corrected chi connectivity index (χ4v) is 2.95. The smallest absolute Gasteiger partial charge is 0.317 e. The van der Waals surface area contributed by atoms with Crippen LogP contribution in [-0.2, 0) is 23.6 Å². The van der Waals surface area contributed by atoms with Gasteiger partial charge in [-0.1, -0.05) is 19.6 Å². The van der Waals surface area contributed by atoms with Crippen molar-refractivity contribution in [3.63, 3.8) is 0 Å². The molecule has 106 valence electrons. The molecule has 0 aliphatic heterocycles. The van der Waals surface area contributed by atoms with Crippen LogP contribution in [0, 0.1) is 0 Å². The molecule has 2 aromatic carbocycles. The molecule has 0 saturated heterocycles. The first-order valence-electron chi connectivity index (χ1n) is 6.47. The van der Waals surface area contributed by atoms with Gasteiger partial charge in [0.05, 0.1) is 0 Å². The third kappa shape index (κ3) is 7.53. The first kappa shape index (κ1) is 18.4. The van der Waals surface area contributed by atoms with Crippen LogP contribution >= 0.6 is 0 Å². The van der Waals surface area contributed by atoms with Gasteiger partial charge in [-0.3, -0.25) is 0 Å². The van der Waals surface area contributed by atoms with E-state index in [1.807, 2.05) is 0 Å². The Bertz CT molecular complexity index is 410. The van der Waals surface area contributed by atoms with Crippen molar-refractivity contribution in [3.05, 3.63) is 54.1 Å². The van der Waals surface area contributed by atoms with Crippen molar-refractivity contribution in [3.8, 4) is 0 Å². The summed E-state index contributed by atoms with van der Waals surface area (Å²) in [5.41, 5.74) is 1.39. The molecule has 2 aromatic rings. The van der Waals surface area contributed by atoms with Crippen LogP contribution in [0.15, 0.2) is 48.5 Å². The standard InChI is InChI=1S/C8H12N.C8H13Si.Fe/c1-9(2)7-8-5-3-4-6-8;1-9(2,3)8-6-4-5-7-8;/h3-6H,7H2,1-2H3;4-7H,1-3H3;/q2*-1;+2. The van der Waals surface area contributed by atoms with E-state index < -0.39 is 8.07 Å². The summed E-state index contributed by atoms with van der Waals surface area (Å²) in [6.45, 7) is 8.14. The third-order valence-corrected chi connectivity index (χ3v) is 4.82. The second kappa shape index (κ2) is 8.54. The molecule has 3 heteroatoms. The first-order chi connectivity index (χ1) is 8.39. The Morgan fingerprint density at radius 1 is 1.00 bits per heavy atom. The molecule has 0 unspecified atom stereocenters. The topological polar surface area (TPSA) is 3.24 Å². The van der Waals surface area contributed by atoms with Crippen molar-refractivity contribution in [2.75, 3.05) is 14.1 Å². The van der Waals surface area contributed by atoms with Gasteiger partial charge >= 0.3 is 17.1 Å². The third-order valence-electron chi connectivity index (χ3n) is 2.76. The van der Waals surface area contributed by atoms with Gasteiger partial charge in [0.2, 0.25) is 0 Å². The van der Waals surface area contributed by atoms with Crippen LogP contribution in [0.4, 0.5) is 0 Å². The molecule has 0 aromatic heterocycles.